The Hall–Kier alpha value is -2.98. The number of hydrogen-bond donors (Lipinski definition) is 0. The topological polar surface area (TPSA) is 122 Å². The van der Waals surface area contributed by atoms with Gasteiger partial charge in [0.05, 0.1) is 32.0 Å². The lowest BCUT2D eigenvalue weighted by molar-refractivity contribution is -0.400. The quantitative estimate of drug-likeness (QED) is 0.271. The number of hydrogen-bond acceptors (Lipinski definition) is 7. The molecule has 0 saturated heterocycles. The lowest BCUT2D eigenvalue weighted by Crippen LogP contribution is -2.10. The zero-order valence-corrected chi connectivity index (χ0v) is 15.9. The molecule has 0 aliphatic heterocycles. The smallest absolute Gasteiger partial charge is 0.345 e. The highest BCUT2D eigenvalue weighted by Crippen LogP contribution is 2.38. The molecule has 0 amide bonds. The van der Waals surface area contributed by atoms with Crippen molar-refractivity contribution in [2.24, 2.45) is 0 Å². The van der Waals surface area contributed by atoms with Crippen LogP contribution in [0.2, 0.25) is 5.02 Å². The van der Waals surface area contributed by atoms with Gasteiger partial charge in [-0.1, -0.05) is 11.6 Å². The monoisotopic (exact) mass is 456 g/mol. The molecule has 0 unspecified atom stereocenters. The summed E-state index contributed by atoms with van der Waals surface area (Å²) in [5.41, 5.74) is 0.0920. The molecule has 140 valence electrons. The van der Waals surface area contributed by atoms with Crippen LogP contribution in [0.1, 0.15) is 15.9 Å². The van der Waals surface area contributed by atoms with Crippen LogP contribution < -0.4 is 9.47 Å². The maximum absolute atomic E-state index is 12.4. The van der Waals surface area contributed by atoms with E-state index in [0.717, 1.165) is 18.3 Å². The normalized spacial score (nSPS) is 10.6. The molecule has 0 aliphatic carbocycles. The summed E-state index contributed by atoms with van der Waals surface area (Å²) in [6.45, 7) is 0. The van der Waals surface area contributed by atoms with Crippen molar-refractivity contribution < 1.29 is 24.1 Å². The molecule has 0 aromatic heterocycles. The number of carbonyl (C=O) groups is 1. The first-order chi connectivity index (χ1) is 12.7. The highest BCUT2D eigenvalue weighted by molar-refractivity contribution is 9.10. The summed E-state index contributed by atoms with van der Waals surface area (Å²) >= 11 is 9.14. The third-order valence-corrected chi connectivity index (χ3v) is 4.12. The highest BCUT2D eigenvalue weighted by atomic mass is 79.9. The first kappa shape index (κ1) is 20.3. The second-order valence-corrected chi connectivity index (χ2v) is 6.21. The van der Waals surface area contributed by atoms with E-state index < -0.39 is 15.8 Å². The van der Waals surface area contributed by atoms with E-state index >= 15 is 0 Å². The Bertz CT molecular complexity index is 962. The summed E-state index contributed by atoms with van der Waals surface area (Å²) in [7, 11) is 1.33. The highest BCUT2D eigenvalue weighted by Gasteiger charge is 2.20. The van der Waals surface area contributed by atoms with E-state index in [1.165, 1.54) is 31.4 Å². The van der Waals surface area contributed by atoms with Gasteiger partial charge in [-0.2, -0.15) is 0 Å². The summed E-state index contributed by atoms with van der Waals surface area (Å²) in [6, 6.07) is 6.26. The number of halogens is 2. The van der Waals surface area contributed by atoms with Crippen molar-refractivity contribution in [1.29, 1.82) is 0 Å². The number of nitro benzene ring substituents is 1. The van der Waals surface area contributed by atoms with Crippen molar-refractivity contribution in [1.82, 2.24) is 0 Å². The van der Waals surface area contributed by atoms with Crippen molar-refractivity contribution in [2.75, 3.05) is 7.11 Å². The molecular weight excluding hydrogens is 448 g/mol. The summed E-state index contributed by atoms with van der Waals surface area (Å²) in [6.07, 6.45) is 2.00. The van der Waals surface area contributed by atoms with Gasteiger partial charge in [0, 0.05) is 18.2 Å². The number of nitrogens with zero attached hydrogens (tertiary/aromatic N) is 2. The van der Waals surface area contributed by atoms with Crippen molar-refractivity contribution in [3.63, 3.8) is 0 Å². The standard InChI is InChI=1S/C16H10BrClN2O7/c1-26-14-7-9(4-5-19(22)23)6-12(17)15(14)27-16(21)11-3-2-10(20(24)25)8-13(11)18/h2-8H,1H3/b5-4+. The Balaban J connectivity index is 2.35. The summed E-state index contributed by atoms with van der Waals surface area (Å²) in [5, 5.41) is 21.0. The van der Waals surface area contributed by atoms with E-state index in [1.807, 2.05) is 0 Å². The summed E-state index contributed by atoms with van der Waals surface area (Å²) < 4.78 is 10.8. The lowest BCUT2D eigenvalue weighted by Gasteiger charge is -2.12. The van der Waals surface area contributed by atoms with Crippen LogP contribution in [0.3, 0.4) is 0 Å². The molecule has 0 N–H and O–H groups in total. The molecule has 0 bridgehead atoms. The van der Waals surface area contributed by atoms with Gasteiger partial charge in [-0.15, -0.1) is 0 Å². The minimum atomic E-state index is -0.859. The molecule has 0 saturated carbocycles. The Morgan fingerprint density at radius 3 is 2.48 bits per heavy atom. The van der Waals surface area contributed by atoms with Crippen molar-refractivity contribution in [2.45, 2.75) is 0 Å². The molecular formula is C16H10BrClN2O7. The van der Waals surface area contributed by atoms with E-state index in [2.05, 4.69) is 15.9 Å². The molecule has 2 aromatic rings. The number of benzene rings is 2. The van der Waals surface area contributed by atoms with Crippen molar-refractivity contribution >= 4 is 45.3 Å². The predicted octanol–water partition coefficient (Wildman–Crippen LogP) is 4.49. The molecule has 0 radical (unpaired) electrons. The maximum Gasteiger partial charge on any atom is 0.345 e. The van der Waals surface area contributed by atoms with Gasteiger partial charge in [-0.25, -0.2) is 4.79 Å². The van der Waals surface area contributed by atoms with E-state index in [1.54, 1.807) is 0 Å². The van der Waals surface area contributed by atoms with Crippen LogP contribution >= 0.6 is 27.5 Å². The number of carbonyl (C=O) groups excluding carboxylic acids is 1. The van der Waals surface area contributed by atoms with Crippen LogP contribution in [-0.2, 0) is 0 Å². The number of non-ortho nitro benzene ring substituents is 1. The van der Waals surface area contributed by atoms with Gasteiger partial charge in [0.25, 0.3) is 5.69 Å². The van der Waals surface area contributed by atoms with Crippen LogP contribution in [0, 0.1) is 20.2 Å². The average Bonchev–Trinajstić information content (AvgIpc) is 2.61. The number of nitro groups is 2. The van der Waals surface area contributed by atoms with Crippen LogP contribution in [0.4, 0.5) is 5.69 Å². The van der Waals surface area contributed by atoms with Gasteiger partial charge >= 0.3 is 5.97 Å². The Morgan fingerprint density at radius 1 is 1.22 bits per heavy atom. The largest absolute Gasteiger partial charge is 0.493 e. The number of esters is 1. The average molecular weight is 458 g/mol. The second kappa shape index (κ2) is 8.60. The number of rotatable bonds is 6. The molecule has 0 atom stereocenters. The van der Waals surface area contributed by atoms with Gasteiger partial charge in [0.2, 0.25) is 6.20 Å². The fourth-order valence-electron chi connectivity index (χ4n) is 2.01. The molecule has 9 nitrogen and oxygen atoms in total. The van der Waals surface area contributed by atoms with Gasteiger partial charge in [-0.3, -0.25) is 20.2 Å². The van der Waals surface area contributed by atoms with Crippen LogP contribution in [-0.4, -0.2) is 22.9 Å². The molecule has 0 spiro atoms. The van der Waals surface area contributed by atoms with Crippen molar-refractivity contribution in [3.8, 4) is 11.5 Å². The SMILES string of the molecule is COc1cc(/C=C/[N+](=O)[O-])cc(Br)c1OC(=O)c1ccc([N+](=O)[O-])cc1Cl. The lowest BCUT2D eigenvalue weighted by atomic mass is 10.2. The van der Waals surface area contributed by atoms with E-state index in [-0.39, 0.29) is 27.8 Å². The Labute approximate surface area is 165 Å². The van der Waals surface area contributed by atoms with Crippen LogP contribution in [0.15, 0.2) is 41.0 Å². The zero-order valence-electron chi connectivity index (χ0n) is 13.5. The van der Waals surface area contributed by atoms with E-state index in [4.69, 9.17) is 21.1 Å². The van der Waals surface area contributed by atoms with Crippen LogP contribution in [0.25, 0.3) is 6.08 Å². The minimum absolute atomic E-state index is 0.0233. The Kier molecular flexibility index (Phi) is 6.48. The number of ether oxygens (including phenoxy) is 2. The third-order valence-electron chi connectivity index (χ3n) is 3.22. The Morgan fingerprint density at radius 2 is 1.93 bits per heavy atom. The molecule has 0 fully saturated rings. The van der Waals surface area contributed by atoms with E-state index in [0.29, 0.717) is 10.0 Å². The summed E-state index contributed by atoms with van der Waals surface area (Å²) in [4.78, 5) is 32.3. The van der Waals surface area contributed by atoms with Gasteiger partial charge in [0.15, 0.2) is 11.5 Å². The molecule has 27 heavy (non-hydrogen) atoms. The molecule has 0 aliphatic rings. The molecule has 11 heteroatoms. The minimum Gasteiger partial charge on any atom is -0.493 e. The maximum atomic E-state index is 12.4. The first-order valence-electron chi connectivity index (χ1n) is 7.08. The fourth-order valence-corrected chi connectivity index (χ4v) is 2.81. The molecule has 2 rings (SSSR count). The van der Waals surface area contributed by atoms with E-state index in [9.17, 15) is 25.0 Å². The molecule has 2 aromatic carbocycles. The zero-order chi connectivity index (χ0) is 20.1. The molecule has 0 heterocycles. The van der Waals surface area contributed by atoms with Crippen LogP contribution in [0.5, 0.6) is 11.5 Å². The van der Waals surface area contributed by atoms with Gasteiger partial charge in [-0.05, 0) is 39.7 Å². The van der Waals surface area contributed by atoms with Gasteiger partial charge < -0.3 is 9.47 Å². The number of methoxy groups -OCH3 is 1. The summed E-state index contributed by atoms with van der Waals surface area (Å²) in [5.74, 6) is -0.698. The second-order valence-electron chi connectivity index (χ2n) is 4.95. The fraction of sp³-hybridized carbons (Fsp3) is 0.0625. The third kappa shape index (κ3) is 5.02. The van der Waals surface area contributed by atoms with Gasteiger partial charge in [0.1, 0.15) is 0 Å². The predicted molar refractivity (Wildman–Crippen MR) is 99.8 cm³/mol. The van der Waals surface area contributed by atoms with Crippen molar-refractivity contribution in [3.05, 3.63) is 77.4 Å². The first-order valence-corrected chi connectivity index (χ1v) is 8.25.